The molecule has 2 rings (SSSR count). The van der Waals surface area contributed by atoms with Crippen LogP contribution in [0.1, 0.15) is 22.5 Å². The second-order valence-electron chi connectivity index (χ2n) is 3.53. The van der Waals surface area contributed by atoms with E-state index in [1.165, 1.54) is 0 Å². The molecule has 0 amide bonds. The number of alkyl halides is 1. The molecule has 0 fully saturated rings. The lowest BCUT2D eigenvalue weighted by molar-refractivity contribution is 0.0691. The summed E-state index contributed by atoms with van der Waals surface area (Å²) in [4.78, 5) is 13.6. The van der Waals surface area contributed by atoms with Crippen LogP contribution in [0.15, 0.2) is 24.3 Å². The quantitative estimate of drug-likeness (QED) is 0.633. The fourth-order valence-corrected chi connectivity index (χ4v) is 1.63. The van der Waals surface area contributed by atoms with Gasteiger partial charge in [0.05, 0.1) is 0 Å². The molecule has 1 heterocycles. The molecule has 4 heteroatoms. The van der Waals surface area contributed by atoms with Crippen molar-refractivity contribution in [2.24, 2.45) is 0 Å². The van der Waals surface area contributed by atoms with Crippen molar-refractivity contribution in [2.75, 3.05) is 5.88 Å². The van der Waals surface area contributed by atoms with E-state index < -0.39 is 5.97 Å². The Balaban J connectivity index is 2.37. The number of aromatic carboxylic acids is 1. The molecule has 0 radical (unpaired) electrons. The normalized spacial score (nSPS) is 9.94. The molecule has 0 saturated heterocycles. The zero-order chi connectivity index (χ0) is 12.3. The van der Waals surface area contributed by atoms with Gasteiger partial charge >= 0.3 is 5.97 Å². The van der Waals surface area contributed by atoms with Gasteiger partial charge in [-0.25, -0.2) is 4.79 Å². The third-order valence-electron chi connectivity index (χ3n) is 2.30. The highest BCUT2D eigenvalue weighted by Crippen LogP contribution is 2.16. The summed E-state index contributed by atoms with van der Waals surface area (Å²) in [6, 6.07) is 7.14. The Morgan fingerprint density at radius 2 is 2.24 bits per heavy atom. The smallest absolute Gasteiger partial charge is 0.352 e. The van der Waals surface area contributed by atoms with E-state index >= 15 is 0 Å². The minimum Gasteiger partial charge on any atom is -0.477 e. The maximum absolute atomic E-state index is 10.8. The first-order valence-electron chi connectivity index (χ1n) is 5.11. The number of carbonyl (C=O) groups is 1. The number of H-pyrrole nitrogens is 1. The van der Waals surface area contributed by atoms with Gasteiger partial charge in [-0.3, -0.25) is 0 Å². The van der Waals surface area contributed by atoms with Gasteiger partial charge in [0.15, 0.2) is 0 Å². The average Bonchev–Trinajstić information content (AvgIpc) is 2.72. The molecule has 0 atom stereocenters. The predicted octanol–water partition coefficient (Wildman–Crippen LogP) is 2.85. The standard InChI is InChI=1S/C13H10ClNO2/c14-6-2-1-3-9-4-5-11-10(7-9)8-12(15-11)13(16)17/h4-5,7-8,15H,2,6H2,(H,16,17). The highest BCUT2D eigenvalue weighted by Gasteiger charge is 2.06. The number of carboxylic acids is 1. The Morgan fingerprint density at radius 1 is 1.41 bits per heavy atom. The Labute approximate surface area is 103 Å². The van der Waals surface area contributed by atoms with Gasteiger partial charge in [-0.05, 0) is 24.3 Å². The van der Waals surface area contributed by atoms with E-state index in [-0.39, 0.29) is 5.69 Å². The summed E-state index contributed by atoms with van der Waals surface area (Å²) in [5, 5.41) is 9.70. The first-order chi connectivity index (χ1) is 8.20. The average molecular weight is 248 g/mol. The summed E-state index contributed by atoms with van der Waals surface area (Å²) < 4.78 is 0. The molecule has 0 saturated carbocycles. The van der Waals surface area contributed by atoms with Gasteiger partial charge in [0.2, 0.25) is 0 Å². The molecule has 2 N–H and O–H groups in total. The SMILES string of the molecule is O=C(O)c1cc2cc(C#CCCCl)ccc2[nH]1. The fraction of sp³-hybridized carbons (Fsp3) is 0.154. The zero-order valence-corrected chi connectivity index (χ0v) is 9.71. The van der Waals surface area contributed by atoms with E-state index in [0.29, 0.717) is 12.3 Å². The number of benzene rings is 1. The van der Waals surface area contributed by atoms with Gasteiger partial charge in [0.25, 0.3) is 0 Å². The number of hydrogen-bond acceptors (Lipinski definition) is 1. The first-order valence-corrected chi connectivity index (χ1v) is 5.65. The molecule has 2 aromatic rings. The van der Waals surface area contributed by atoms with Crippen molar-refractivity contribution < 1.29 is 9.90 Å². The molecule has 0 aliphatic rings. The maximum atomic E-state index is 10.8. The van der Waals surface area contributed by atoms with Crippen LogP contribution in [-0.2, 0) is 0 Å². The van der Waals surface area contributed by atoms with E-state index in [4.69, 9.17) is 16.7 Å². The van der Waals surface area contributed by atoms with Crippen LogP contribution in [0.25, 0.3) is 10.9 Å². The van der Waals surface area contributed by atoms with Gasteiger partial charge in [0.1, 0.15) is 5.69 Å². The van der Waals surface area contributed by atoms with E-state index in [2.05, 4.69) is 16.8 Å². The van der Waals surface area contributed by atoms with Crippen LogP contribution >= 0.6 is 11.6 Å². The number of nitrogens with one attached hydrogen (secondary N) is 1. The third-order valence-corrected chi connectivity index (χ3v) is 2.49. The molecular formula is C13H10ClNO2. The van der Waals surface area contributed by atoms with Crippen molar-refractivity contribution in [3.8, 4) is 11.8 Å². The number of aromatic nitrogens is 1. The van der Waals surface area contributed by atoms with Gasteiger partial charge in [-0.2, -0.15) is 0 Å². The van der Waals surface area contributed by atoms with Crippen LogP contribution in [0.4, 0.5) is 0 Å². The minimum atomic E-state index is -0.962. The molecule has 0 spiro atoms. The predicted molar refractivity (Wildman–Crippen MR) is 67.5 cm³/mol. The van der Waals surface area contributed by atoms with Crippen molar-refractivity contribution in [1.29, 1.82) is 0 Å². The molecule has 0 aliphatic carbocycles. The number of fused-ring (bicyclic) bond motifs is 1. The van der Waals surface area contributed by atoms with Crippen LogP contribution in [0, 0.1) is 11.8 Å². The van der Waals surface area contributed by atoms with E-state index in [0.717, 1.165) is 16.5 Å². The Hall–Kier alpha value is -1.92. The zero-order valence-electron chi connectivity index (χ0n) is 8.96. The minimum absolute atomic E-state index is 0.186. The summed E-state index contributed by atoms with van der Waals surface area (Å²) in [7, 11) is 0. The van der Waals surface area contributed by atoms with Crippen molar-refractivity contribution in [3.63, 3.8) is 0 Å². The highest BCUT2D eigenvalue weighted by atomic mass is 35.5. The van der Waals surface area contributed by atoms with E-state index in [1.54, 1.807) is 6.07 Å². The van der Waals surface area contributed by atoms with Crippen molar-refractivity contribution >= 4 is 28.5 Å². The third kappa shape index (κ3) is 2.61. The Kier molecular flexibility index (Phi) is 3.36. The van der Waals surface area contributed by atoms with E-state index in [1.807, 2.05) is 18.2 Å². The Morgan fingerprint density at radius 3 is 2.94 bits per heavy atom. The number of halogens is 1. The van der Waals surface area contributed by atoms with Gasteiger partial charge in [0, 0.05) is 28.8 Å². The topological polar surface area (TPSA) is 53.1 Å². The Bertz CT molecular complexity index is 619. The molecular weight excluding hydrogens is 238 g/mol. The summed E-state index contributed by atoms with van der Waals surface area (Å²) in [5.41, 5.74) is 1.84. The molecule has 1 aromatic heterocycles. The van der Waals surface area contributed by atoms with Gasteiger partial charge < -0.3 is 10.1 Å². The lowest BCUT2D eigenvalue weighted by atomic mass is 10.1. The molecule has 0 aliphatic heterocycles. The van der Waals surface area contributed by atoms with Crippen molar-refractivity contribution in [1.82, 2.24) is 4.98 Å². The summed E-state index contributed by atoms with van der Waals surface area (Å²) >= 11 is 5.53. The van der Waals surface area contributed by atoms with Crippen LogP contribution in [-0.4, -0.2) is 21.9 Å². The largest absolute Gasteiger partial charge is 0.477 e. The fourth-order valence-electron chi connectivity index (χ4n) is 1.54. The molecule has 3 nitrogen and oxygen atoms in total. The van der Waals surface area contributed by atoms with Crippen LogP contribution < -0.4 is 0 Å². The summed E-state index contributed by atoms with van der Waals surface area (Å²) in [6.45, 7) is 0. The second-order valence-corrected chi connectivity index (χ2v) is 3.91. The molecule has 0 bridgehead atoms. The number of rotatable bonds is 2. The van der Waals surface area contributed by atoms with Crippen LogP contribution in [0.2, 0.25) is 0 Å². The summed E-state index contributed by atoms with van der Waals surface area (Å²) in [6.07, 6.45) is 0.646. The monoisotopic (exact) mass is 247 g/mol. The maximum Gasteiger partial charge on any atom is 0.352 e. The first kappa shape index (κ1) is 11.6. The lowest BCUT2D eigenvalue weighted by Crippen LogP contribution is -1.94. The van der Waals surface area contributed by atoms with Gasteiger partial charge in [-0.15, -0.1) is 11.6 Å². The molecule has 86 valence electrons. The molecule has 17 heavy (non-hydrogen) atoms. The summed E-state index contributed by atoms with van der Waals surface area (Å²) in [5.74, 6) is 5.47. The lowest BCUT2D eigenvalue weighted by Gasteiger charge is -1.91. The molecule has 1 aromatic carbocycles. The van der Waals surface area contributed by atoms with Crippen molar-refractivity contribution in [2.45, 2.75) is 6.42 Å². The number of hydrogen-bond donors (Lipinski definition) is 2. The second kappa shape index (κ2) is 4.94. The highest BCUT2D eigenvalue weighted by molar-refractivity contribution is 6.18. The van der Waals surface area contributed by atoms with Crippen LogP contribution in [0.3, 0.4) is 0 Å². The van der Waals surface area contributed by atoms with Crippen molar-refractivity contribution in [3.05, 3.63) is 35.5 Å². The van der Waals surface area contributed by atoms with Crippen LogP contribution in [0.5, 0.6) is 0 Å². The number of aromatic amines is 1. The van der Waals surface area contributed by atoms with E-state index in [9.17, 15) is 4.79 Å². The number of carboxylic acid groups (broad SMARTS) is 1. The van der Waals surface area contributed by atoms with Gasteiger partial charge in [-0.1, -0.05) is 11.8 Å². The molecule has 0 unspecified atom stereocenters.